The first-order valence-electron chi connectivity index (χ1n) is 8.25. The average molecular weight is 411 g/mol. The van der Waals surface area contributed by atoms with Gasteiger partial charge in [-0.2, -0.15) is 8.78 Å². The van der Waals surface area contributed by atoms with Crippen molar-refractivity contribution in [2.75, 3.05) is 25.6 Å². The van der Waals surface area contributed by atoms with Gasteiger partial charge in [0.05, 0.1) is 19.3 Å². The Morgan fingerprint density at radius 2 is 1.82 bits per heavy atom. The molecule has 0 unspecified atom stereocenters. The Labute approximate surface area is 165 Å². The molecule has 2 aromatic carbocycles. The van der Waals surface area contributed by atoms with E-state index in [-0.39, 0.29) is 5.56 Å². The Morgan fingerprint density at radius 3 is 2.43 bits per heavy atom. The van der Waals surface area contributed by atoms with Gasteiger partial charge in [0, 0.05) is 10.6 Å². The number of thioether (sulfide) groups is 1. The normalized spacial score (nSPS) is 10.5. The molecule has 9 heteroatoms. The summed E-state index contributed by atoms with van der Waals surface area (Å²) in [5.74, 6) is -2.89. The molecule has 0 saturated heterocycles. The zero-order valence-electron chi connectivity index (χ0n) is 15.2. The quantitative estimate of drug-likeness (QED) is 0.492. The topological polar surface area (TPSA) is 73.9 Å². The molecule has 0 aliphatic rings. The van der Waals surface area contributed by atoms with Crippen LogP contribution in [0.3, 0.4) is 0 Å². The number of benzene rings is 2. The molecule has 0 aliphatic heterocycles. The molecule has 6 nitrogen and oxygen atoms in total. The second kappa shape index (κ2) is 10.5. The standard InChI is InChI=1S/C19H19F2NO5S/c1-3-26-15-9-4-12(10-16(15)25-2)18(24)27-11-17(23)22-13-5-7-14(8-6-13)28-19(20)21/h4-10,19H,3,11H2,1-2H3,(H,22,23). The van der Waals surface area contributed by atoms with E-state index in [1.165, 1.54) is 43.5 Å². The Hall–Kier alpha value is -2.81. The van der Waals surface area contributed by atoms with E-state index in [2.05, 4.69) is 5.32 Å². The Bertz CT molecular complexity index is 814. The van der Waals surface area contributed by atoms with E-state index in [0.29, 0.717) is 40.5 Å². The molecule has 0 aromatic heterocycles. The molecule has 2 aromatic rings. The maximum Gasteiger partial charge on any atom is 0.338 e. The third-order valence-corrected chi connectivity index (χ3v) is 4.12. The van der Waals surface area contributed by atoms with E-state index < -0.39 is 24.2 Å². The van der Waals surface area contributed by atoms with E-state index in [9.17, 15) is 18.4 Å². The Balaban J connectivity index is 1.89. The number of nitrogens with one attached hydrogen (secondary N) is 1. The number of hydrogen-bond donors (Lipinski definition) is 1. The summed E-state index contributed by atoms with van der Waals surface area (Å²) in [5.41, 5.74) is 0.615. The number of esters is 1. The van der Waals surface area contributed by atoms with Crippen LogP contribution in [0.1, 0.15) is 17.3 Å². The van der Waals surface area contributed by atoms with Gasteiger partial charge in [-0.25, -0.2) is 4.79 Å². The first-order valence-corrected chi connectivity index (χ1v) is 9.13. The predicted molar refractivity (Wildman–Crippen MR) is 101 cm³/mol. The summed E-state index contributed by atoms with van der Waals surface area (Å²) >= 11 is 0.410. The van der Waals surface area contributed by atoms with Crippen molar-refractivity contribution in [3.8, 4) is 11.5 Å². The predicted octanol–water partition coefficient (Wildman–Crippen LogP) is 4.20. The first-order chi connectivity index (χ1) is 13.4. The Kier molecular flexibility index (Phi) is 8.06. The van der Waals surface area contributed by atoms with Crippen molar-refractivity contribution in [2.24, 2.45) is 0 Å². The summed E-state index contributed by atoms with van der Waals surface area (Å²) in [7, 11) is 1.45. The number of ether oxygens (including phenoxy) is 3. The molecule has 0 radical (unpaired) electrons. The molecule has 0 aliphatic carbocycles. The van der Waals surface area contributed by atoms with Crippen LogP contribution in [-0.4, -0.2) is 38.0 Å². The monoisotopic (exact) mass is 411 g/mol. The molecule has 0 fully saturated rings. The van der Waals surface area contributed by atoms with Crippen LogP contribution in [0.25, 0.3) is 0 Å². The maximum atomic E-state index is 12.3. The molecule has 1 amide bonds. The number of hydrogen-bond acceptors (Lipinski definition) is 6. The zero-order chi connectivity index (χ0) is 20.5. The van der Waals surface area contributed by atoms with Crippen LogP contribution in [0.4, 0.5) is 14.5 Å². The van der Waals surface area contributed by atoms with Crippen molar-refractivity contribution in [3.05, 3.63) is 48.0 Å². The second-order valence-corrected chi connectivity index (χ2v) is 6.39. The number of rotatable bonds is 9. The van der Waals surface area contributed by atoms with Crippen LogP contribution in [0, 0.1) is 0 Å². The summed E-state index contributed by atoms with van der Waals surface area (Å²) in [6.45, 7) is 1.77. The van der Waals surface area contributed by atoms with Crippen LogP contribution in [0.15, 0.2) is 47.4 Å². The van der Waals surface area contributed by atoms with Crippen LogP contribution < -0.4 is 14.8 Å². The third kappa shape index (κ3) is 6.41. The van der Waals surface area contributed by atoms with Gasteiger partial charge in [0.1, 0.15) is 0 Å². The number of halogens is 2. The maximum absolute atomic E-state index is 12.3. The van der Waals surface area contributed by atoms with Crippen LogP contribution in [0.2, 0.25) is 0 Å². The minimum atomic E-state index is -2.51. The summed E-state index contributed by atoms with van der Waals surface area (Å²) in [6, 6.07) is 10.5. The van der Waals surface area contributed by atoms with Crippen molar-refractivity contribution in [2.45, 2.75) is 17.6 Å². The highest BCUT2D eigenvalue weighted by Crippen LogP contribution is 2.28. The largest absolute Gasteiger partial charge is 0.493 e. The SMILES string of the molecule is CCOc1ccc(C(=O)OCC(=O)Nc2ccc(SC(F)F)cc2)cc1OC. The highest BCUT2D eigenvalue weighted by molar-refractivity contribution is 7.99. The van der Waals surface area contributed by atoms with Gasteiger partial charge < -0.3 is 19.5 Å². The number of alkyl halides is 2. The van der Waals surface area contributed by atoms with Gasteiger partial charge in [-0.05, 0) is 49.4 Å². The van der Waals surface area contributed by atoms with Gasteiger partial charge in [0.2, 0.25) is 0 Å². The third-order valence-electron chi connectivity index (χ3n) is 3.40. The minimum absolute atomic E-state index is 0.210. The van der Waals surface area contributed by atoms with Crippen molar-refractivity contribution < 1.29 is 32.6 Å². The average Bonchev–Trinajstić information content (AvgIpc) is 2.67. The van der Waals surface area contributed by atoms with Gasteiger partial charge in [-0.1, -0.05) is 11.8 Å². The molecular formula is C19H19F2NO5S. The lowest BCUT2D eigenvalue weighted by Gasteiger charge is -2.11. The van der Waals surface area contributed by atoms with E-state index in [1.54, 1.807) is 6.07 Å². The molecule has 1 N–H and O–H groups in total. The lowest BCUT2D eigenvalue weighted by atomic mass is 10.2. The fourth-order valence-electron chi connectivity index (χ4n) is 2.20. The number of anilines is 1. The van der Waals surface area contributed by atoms with Gasteiger partial charge >= 0.3 is 5.97 Å². The zero-order valence-corrected chi connectivity index (χ0v) is 16.1. The summed E-state index contributed by atoms with van der Waals surface area (Å²) in [6.07, 6.45) is 0. The smallest absolute Gasteiger partial charge is 0.338 e. The van der Waals surface area contributed by atoms with E-state index in [0.717, 1.165) is 0 Å². The number of carbonyl (C=O) groups is 2. The molecule has 0 bridgehead atoms. The van der Waals surface area contributed by atoms with Crippen LogP contribution in [0.5, 0.6) is 11.5 Å². The highest BCUT2D eigenvalue weighted by atomic mass is 32.2. The fraction of sp³-hybridized carbons (Fsp3) is 0.263. The van der Waals surface area contributed by atoms with Crippen molar-refractivity contribution >= 4 is 29.3 Å². The summed E-state index contributed by atoms with van der Waals surface area (Å²) < 4.78 is 40.1. The van der Waals surface area contributed by atoms with Crippen LogP contribution in [-0.2, 0) is 9.53 Å². The number of methoxy groups -OCH3 is 1. The molecule has 2 rings (SSSR count). The molecule has 28 heavy (non-hydrogen) atoms. The molecule has 0 spiro atoms. The summed E-state index contributed by atoms with van der Waals surface area (Å²) in [4.78, 5) is 24.4. The van der Waals surface area contributed by atoms with E-state index in [4.69, 9.17) is 14.2 Å². The van der Waals surface area contributed by atoms with Crippen molar-refractivity contribution in [1.82, 2.24) is 0 Å². The molecule has 0 heterocycles. The van der Waals surface area contributed by atoms with Gasteiger partial charge in [0.25, 0.3) is 11.7 Å². The van der Waals surface area contributed by atoms with Crippen molar-refractivity contribution in [3.63, 3.8) is 0 Å². The van der Waals surface area contributed by atoms with E-state index >= 15 is 0 Å². The second-order valence-electron chi connectivity index (χ2n) is 5.33. The minimum Gasteiger partial charge on any atom is -0.493 e. The number of carbonyl (C=O) groups excluding carboxylic acids is 2. The molecule has 150 valence electrons. The molecular weight excluding hydrogens is 392 g/mol. The van der Waals surface area contributed by atoms with Gasteiger partial charge in [-0.15, -0.1) is 0 Å². The van der Waals surface area contributed by atoms with Crippen molar-refractivity contribution in [1.29, 1.82) is 0 Å². The lowest BCUT2D eigenvalue weighted by molar-refractivity contribution is -0.119. The molecule has 0 saturated carbocycles. The Morgan fingerprint density at radius 1 is 1.11 bits per heavy atom. The van der Waals surface area contributed by atoms with Gasteiger partial charge in [-0.3, -0.25) is 4.79 Å². The first kappa shape index (κ1) is 21.5. The van der Waals surface area contributed by atoms with Crippen LogP contribution >= 0.6 is 11.8 Å². The highest BCUT2D eigenvalue weighted by Gasteiger charge is 2.14. The number of amides is 1. The van der Waals surface area contributed by atoms with Gasteiger partial charge in [0.15, 0.2) is 18.1 Å². The van der Waals surface area contributed by atoms with E-state index in [1.807, 2.05) is 6.92 Å². The molecule has 0 atom stereocenters. The lowest BCUT2D eigenvalue weighted by Crippen LogP contribution is -2.20. The fourth-order valence-corrected chi connectivity index (χ4v) is 2.70. The summed E-state index contributed by atoms with van der Waals surface area (Å²) in [5, 5.41) is 2.52.